The molecule has 6 nitrogen and oxygen atoms in total. The number of hydrazine groups is 1. The lowest BCUT2D eigenvalue weighted by Crippen LogP contribution is -2.81. The third kappa shape index (κ3) is 2.16. The van der Waals surface area contributed by atoms with Crippen LogP contribution in [0.15, 0.2) is 0 Å². The normalized spacial score (nSPS) is 33.1. The van der Waals surface area contributed by atoms with Gasteiger partial charge < -0.3 is 10.8 Å². The molecule has 1 spiro atoms. The maximum absolute atomic E-state index is 12.3. The van der Waals surface area contributed by atoms with E-state index in [1.807, 2.05) is 13.8 Å². The van der Waals surface area contributed by atoms with Gasteiger partial charge in [-0.25, -0.2) is 10.4 Å². The molecule has 1 unspecified atom stereocenters. The van der Waals surface area contributed by atoms with Crippen LogP contribution in [0.5, 0.6) is 0 Å². The Morgan fingerprint density at radius 2 is 2.15 bits per heavy atom. The van der Waals surface area contributed by atoms with Gasteiger partial charge in [-0.3, -0.25) is 9.59 Å². The minimum atomic E-state index is -1.67. The highest BCUT2D eigenvalue weighted by molar-refractivity contribution is 5.85. The molecule has 1 saturated carbocycles. The molecule has 1 amide bonds. The summed E-state index contributed by atoms with van der Waals surface area (Å²) in [4.78, 5) is 23.7. The zero-order chi connectivity index (χ0) is 15.1. The standard InChI is InChI=1S/C14H25N3O3/c1-4-14(20,12(15)19)17-8-13(16-17)7-5-6-10(13)11(18)9(2)3/h9-10,16,20H,4-8H2,1-3H3,(H2,15,19)/t10-,13-,14?/m0/s1. The highest BCUT2D eigenvalue weighted by Crippen LogP contribution is 2.44. The molecule has 0 aromatic carbocycles. The van der Waals surface area contributed by atoms with Gasteiger partial charge in [0.25, 0.3) is 5.91 Å². The summed E-state index contributed by atoms with van der Waals surface area (Å²) in [6.45, 7) is 6.03. The van der Waals surface area contributed by atoms with Gasteiger partial charge in [-0.2, -0.15) is 0 Å². The van der Waals surface area contributed by atoms with Gasteiger partial charge in [0.2, 0.25) is 5.72 Å². The van der Waals surface area contributed by atoms with Crippen LogP contribution in [0.4, 0.5) is 0 Å². The lowest BCUT2D eigenvalue weighted by Gasteiger charge is -2.56. The number of nitrogens with two attached hydrogens (primary N) is 1. The summed E-state index contributed by atoms with van der Waals surface area (Å²) in [6.07, 6.45) is 2.98. The average molecular weight is 283 g/mol. The number of hydrogen-bond donors (Lipinski definition) is 3. The van der Waals surface area contributed by atoms with E-state index in [1.54, 1.807) is 6.92 Å². The number of nitrogens with one attached hydrogen (secondary N) is 1. The number of carbonyl (C=O) groups excluding carboxylic acids is 2. The Labute approximate surface area is 119 Å². The molecule has 1 saturated heterocycles. The SMILES string of the molecule is CCC(O)(C(N)=O)N1C[C@]2(CCC[C@H]2C(=O)C(C)C)N1. The molecule has 0 aromatic rings. The van der Waals surface area contributed by atoms with Gasteiger partial charge in [0.15, 0.2) is 0 Å². The molecule has 0 radical (unpaired) electrons. The number of nitrogens with zero attached hydrogens (tertiary/aromatic N) is 1. The molecule has 20 heavy (non-hydrogen) atoms. The maximum Gasteiger partial charge on any atom is 0.266 e. The third-order valence-corrected chi connectivity index (χ3v) is 4.83. The Balaban J connectivity index is 2.10. The first-order valence-electron chi connectivity index (χ1n) is 7.38. The molecule has 4 N–H and O–H groups in total. The van der Waals surface area contributed by atoms with Gasteiger partial charge in [-0.15, -0.1) is 0 Å². The number of ketones is 1. The number of primary amides is 1. The van der Waals surface area contributed by atoms with Crippen LogP contribution >= 0.6 is 0 Å². The van der Waals surface area contributed by atoms with Crippen LogP contribution in [0.3, 0.4) is 0 Å². The fourth-order valence-corrected chi connectivity index (χ4v) is 3.47. The quantitative estimate of drug-likeness (QED) is 0.668. The van der Waals surface area contributed by atoms with E-state index >= 15 is 0 Å². The Morgan fingerprint density at radius 1 is 1.55 bits per heavy atom. The molecule has 6 heteroatoms. The second-order valence-corrected chi connectivity index (χ2v) is 6.39. The first-order chi connectivity index (χ1) is 9.27. The number of hydrogen-bond acceptors (Lipinski definition) is 5. The van der Waals surface area contributed by atoms with Gasteiger partial charge in [0.1, 0.15) is 5.78 Å². The Kier molecular flexibility index (Phi) is 3.92. The summed E-state index contributed by atoms with van der Waals surface area (Å²) in [5.41, 5.74) is 6.50. The van der Waals surface area contributed by atoms with Crippen LogP contribution in [0.25, 0.3) is 0 Å². The second-order valence-electron chi connectivity index (χ2n) is 6.39. The fourth-order valence-electron chi connectivity index (χ4n) is 3.47. The van der Waals surface area contributed by atoms with E-state index < -0.39 is 11.6 Å². The number of carbonyl (C=O) groups is 2. The first kappa shape index (κ1) is 15.4. The van der Waals surface area contributed by atoms with E-state index in [9.17, 15) is 14.7 Å². The smallest absolute Gasteiger partial charge is 0.266 e. The van der Waals surface area contributed by atoms with E-state index in [1.165, 1.54) is 5.01 Å². The Morgan fingerprint density at radius 3 is 2.60 bits per heavy atom. The first-order valence-corrected chi connectivity index (χ1v) is 7.38. The van der Waals surface area contributed by atoms with E-state index in [0.717, 1.165) is 19.3 Å². The number of amides is 1. The van der Waals surface area contributed by atoms with Crippen molar-refractivity contribution in [2.75, 3.05) is 6.54 Å². The van der Waals surface area contributed by atoms with Crippen LogP contribution in [-0.4, -0.2) is 39.6 Å². The fraction of sp³-hybridized carbons (Fsp3) is 0.857. The maximum atomic E-state index is 12.3. The van der Waals surface area contributed by atoms with Crippen LogP contribution in [-0.2, 0) is 9.59 Å². The molecule has 1 heterocycles. The van der Waals surface area contributed by atoms with Gasteiger partial charge in [0.05, 0.1) is 5.54 Å². The largest absolute Gasteiger partial charge is 0.366 e. The molecule has 0 aromatic heterocycles. The van der Waals surface area contributed by atoms with Crippen LogP contribution < -0.4 is 11.2 Å². The third-order valence-electron chi connectivity index (χ3n) is 4.83. The van der Waals surface area contributed by atoms with Gasteiger partial charge in [-0.1, -0.05) is 27.2 Å². The number of Topliss-reactive ketones (excluding diaryl/α,β-unsaturated/α-hetero) is 1. The van der Waals surface area contributed by atoms with E-state index in [2.05, 4.69) is 5.43 Å². The number of rotatable bonds is 5. The molecule has 1 aliphatic heterocycles. The monoisotopic (exact) mass is 283 g/mol. The van der Waals surface area contributed by atoms with E-state index in [4.69, 9.17) is 5.73 Å². The Bertz CT molecular complexity index is 418. The van der Waals surface area contributed by atoms with Crippen molar-refractivity contribution in [3.8, 4) is 0 Å². The minimum Gasteiger partial charge on any atom is -0.366 e. The zero-order valence-corrected chi connectivity index (χ0v) is 12.5. The molecule has 2 fully saturated rings. The van der Waals surface area contributed by atoms with Crippen molar-refractivity contribution in [1.82, 2.24) is 10.4 Å². The van der Waals surface area contributed by atoms with Gasteiger partial charge in [0, 0.05) is 18.4 Å². The van der Waals surface area contributed by atoms with Crippen molar-refractivity contribution in [3.63, 3.8) is 0 Å². The minimum absolute atomic E-state index is 0.00650. The van der Waals surface area contributed by atoms with Crippen molar-refractivity contribution in [1.29, 1.82) is 0 Å². The zero-order valence-electron chi connectivity index (χ0n) is 12.5. The highest BCUT2D eigenvalue weighted by atomic mass is 16.3. The lowest BCUT2D eigenvalue weighted by molar-refractivity contribution is -0.217. The lowest BCUT2D eigenvalue weighted by atomic mass is 9.77. The summed E-state index contributed by atoms with van der Waals surface area (Å²) in [6, 6.07) is 0. The molecule has 0 bridgehead atoms. The van der Waals surface area contributed by atoms with Crippen LogP contribution in [0.2, 0.25) is 0 Å². The van der Waals surface area contributed by atoms with Crippen molar-refractivity contribution in [3.05, 3.63) is 0 Å². The predicted molar refractivity (Wildman–Crippen MR) is 74.2 cm³/mol. The van der Waals surface area contributed by atoms with Crippen molar-refractivity contribution in [2.24, 2.45) is 17.6 Å². The van der Waals surface area contributed by atoms with Crippen LogP contribution in [0, 0.1) is 11.8 Å². The van der Waals surface area contributed by atoms with E-state index in [-0.39, 0.29) is 29.6 Å². The molecular formula is C14H25N3O3. The molecule has 114 valence electrons. The highest BCUT2D eigenvalue weighted by Gasteiger charge is 2.59. The average Bonchev–Trinajstić information content (AvgIpc) is 2.79. The second kappa shape index (κ2) is 5.09. The topological polar surface area (TPSA) is 95.7 Å². The molecular weight excluding hydrogens is 258 g/mol. The van der Waals surface area contributed by atoms with Crippen LogP contribution in [0.1, 0.15) is 46.5 Å². The summed E-state index contributed by atoms with van der Waals surface area (Å²) >= 11 is 0. The van der Waals surface area contributed by atoms with Crippen molar-refractivity contribution in [2.45, 2.75) is 57.7 Å². The molecule has 2 aliphatic rings. The number of aliphatic hydroxyl groups is 1. The molecule has 1 aliphatic carbocycles. The summed E-state index contributed by atoms with van der Waals surface area (Å²) < 4.78 is 0. The summed E-state index contributed by atoms with van der Waals surface area (Å²) in [7, 11) is 0. The van der Waals surface area contributed by atoms with Crippen molar-refractivity contribution < 1.29 is 14.7 Å². The summed E-state index contributed by atoms with van der Waals surface area (Å²) in [5, 5.41) is 11.8. The molecule has 2 rings (SSSR count). The van der Waals surface area contributed by atoms with Gasteiger partial charge in [-0.05, 0) is 19.3 Å². The summed E-state index contributed by atoms with van der Waals surface area (Å²) in [5.74, 6) is -0.527. The van der Waals surface area contributed by atoms with E-state index in [0.29, 0.717) is 6.54 Å². The van der Waals surface area contributed by atoms with Gasteiger partial charge >= 0.3 is 0 Å². The Hall–Kier alpha value is -0.980. The molecule has 3 atom stereocenters. The van der Waals surface area contributed by atoms with Crippen molar-refractivity contribution >= 4 is 11.7 Å². The predicted octanol–water partition coefficient (Wildman–Crippen LogP) is 0.155.